The molecule has 0 aliphatic heterocycles. The third-order valence-corrected chi connectivity index (χ3v) is 9.89. The largest absolute Gasteiger partial charge is 0.310 e. The topological polar surface area (TPSA) is 8.17 Å². The Morgan fingerprint density at radius 2 is 0.940 bits per heavy atom. The Morgan fingerprint density at radius 1 is 0.420 bits per heavy atom. The molecular formula is C48H36N2. The zero-order valence-electron chi connectivity index (χ0n) is 27.8. The summed E-state index contributed by atoms with van der Waals surface area (Å²) in [5.41, 5.74) is 15.8. The van der Waals surface area contributed by atoms with Crippen LogP contribution < -0.4 is 4.90 Å². The van der Waals surface area contributed by atoms with E-state index in [1.165, 1.54) is 61.2 Å². The van der Waals surface area contributed by atoms with E-state index in [9.17, 15) is 0 Å². The van der Waals surface area contributed by atoms with Gasteiger partial charge in [-0.25, -0.2) is 0 Å². The number of benzene rings is 7. The molecule has 2 heteroatoms. The van der Waals surface area contributed by atoms with Gasteiger partial charge in [-0.1, -0.05) is 133 Å². The number of fused-ring (bicyclic) bond motifs is 3. The first kappa shape index (κ1) is 29.7. The fourth-order valence-corrected chi connectivity index (χ4v) is 7.41. The van der Waals surface area contributed by atoms with Gasteiger partial charge in [0.05, 0.1) is 5.52 Å². The fourth-order valence-electron chi connectivity index (χ4n) is 7.41. The van der Waals surface area contributed by atoms with Gasteiger partial charge < -0.3 is 9.47 Å². The molecule has 7 aromatic carbocycles. The van der Waals surface area contributed by atoms with E-state index in [1.807, 2.05) is 0 Å². The van der Waals surface area contributed by atoms with Crippen LogP contribution in [0.4, 0.5) is 17.1 Å². The van der Waals surface area contributed by atoms with E-state index in [2.05, 4.69) is 204 Å². The first-order valence-corrected chi connectivity index (χ1v) is 17.4. The van der Waals surface area contributed by atoms with E-state index in [-0.39, 0.29) is 0 Å². The van der Waals surface area contributed by atoms with Crippen molar-refractivity contribution in [3.63, 3.8) is 0 Å². The van der Waals surface area contributed by atoms with Crippen molar-refractivity contribution >= 4 is 34.0 Å². The standard InChI is InChI=1S/C48H36N2/c1-3-12-35(13-4-1)37-22-28-41(29-23-37)49(44-17-11-16-40(34-44)36-14-5-2-6-15-36)42-30-24-38(25-31-42)39-26-32-43(33-27-39)50-47-20-9-7-18-45(47)46-19-8-10-21-48(46)50/h1-7,9-18,20-34H,8,19H2. The van der Waals surface area contributed by atoms with Crippen LogP contribution in [0.3, 0.4) is 0 Å². The van der Waals surface area contributed by atoms with E-state index in [4.69, 9.17) is 0 Å². The second kappa shape index (κ2) is 12.9. The van der Waals surface area contributed by atoms with Crippen LogP contribution in [0.15, 0.2) is 188 Å². The second-order valence-electron chi connectivity index (χ2n) is 12.9. The summed E-state index contributed by atoms with van der Waals surface area (Å²) in [7, 11) is 0. The molecule has 1 aromatic heterocycles. The average molecular weight is 641 g/mol. The Morgan fingerprint density at radius 3 is 1.58 bits per heavy atom. The van der Waals surface area contributed by atoms with Gasteiger partial charge in [0, 0.05) is 33.8 Å². The first-order chi connectivity index (χ1) is 24.8. The predicted molar refractivity (Wildman–Crippen MR) is 212 cm³/mol. The minimum atomic E-state index is 1.09. The third-order valence-electron chi connectivity index (χ3n) is 9.89. The molecule has 0 radical (unpaired) electrons. The summed E-state index contributed by atoms with van der Waals surface area (Å²) < 4.78 is 2.41. The van der Waals surface area contributed by atoms with Crippen LogP contribution in [-0.4, -0.2) is 4.57 Å². The third kappa shape index (κ3) is 5.51. The number of rotatable bonds is 7. The van der Waals surface area contributed by atoms with Gasteiger partial charge >= 0.3 is 0 Å². The van der Waals surface area contributed by atoms with Crippen molar-refractivity contribution in [3.8, 4) is 39.1 Å². The number of aromatic nitrogens is 1. The van der Waals surface area contributed by atoms with Gasteiger partial charge in [-0.3, -0.25) is 0 Å². The highest BCUT2D eigenvalue weighted by atomic mass is 15.1. The lowest BCUT2D eigenvalue weighted by atomic mass is 10.0. The Kier molecular flexibility index (Phi) is 7.68. The van der Waals surface area contributed by atoms with Gasteiger partial charge in [0.1, 0.15) is 0 Å². The SMILES string of the molecule is C1=Cc2c(c3ccccc3n2-c2ccc(-c3ccc(N(c4ccc(-c5ccccc5)cc4)c4cccc(-c5ccccc5)c4)cc3)cc2)CC1. The normalized spacial score (nSPS) is 12.2. The summed E-state index contributed by atoms with van der Waals surface area (Å²) >= 11 is 0. The van der Waals surface area contributed by atoms with Gasteiger partial charge in [0.25, 0.3) is 0 Å². The molecule has 0 saturated heterocycles. The molecular weight excluding hydrogens is 605 g/mol. The molecule has 0 fully saturated rings. The van der Waals surface area contributed by atoms with Crippen molar-refractivity contribution in [2.24, 2.45) is 0 Å². The van der Waals surface area contributed by atoms with E-state index < -0.39 is 0 Å². The fraction of sp³-hybridized carbons (Fsp3) is 0.0417. The molecule has 0 saturated carbocycles. The molecule has 50 heavy (non-hydrogen) atoms. The van der Waals surface area contributed by atoms with E-state index in [0.717, 1.165) is 29.9 Å². The van der Waals surface area contributed by atoms with Gasteiger partial charge in [0.15, 0.2) is 0 Å². The Labute approximate surface area is 293 Å². The number of hydrogen-bond acceptors (Lipinski definition) is 1. The monoisotopic (exact) mass is 640 g/mol. The number of hydrogen-bond donors (Lipinski definition) is 0. The number of nitrogens with zero attached hydrogens (tertiary/aromatic N) is 2. The summed E-state index contributed by atoms with van der Waals surface area (Å²) in [6, 6.07) is 65.6. The number of aryl methyl sites for hydroxylation is 1. The molecule has 0 spiro atoms. The highest BCUT2D eigenvalue weighted by Crippen LogP contribution is 2.39. The van der Waals surface area contributed by atoms with Crippen molar-refractivity contribution in [1.82, 2.24) is 4.57 Å². The van der Waals surface area contributed by atoms with E-state index in [0.29, 0.717) is 0 Å². The zero-order valence-corrected chi connectivity index (χ0v) is 27.8. The van der Waals surface area contributed by atoms with Crippen molar-refractivity contribution < 1.29 is 0 Å². The number of para-hydroxylation sites is 1. The molecule has 0 amide bonds. The summed E-state index contributed by atoms with van der Waals surface area (Å²) in [6.45, 7) is 0. The van der Waals surface area contributed by atoms with Gasteiger partial charge in [0.2, 0.25) is 0 Å². The molecule has 1 aliphatic rings. The van der Waals surface area contributed by atoms with Crippen LogP contribution in [0.25, 0.3) is 56.0 Å². The summed E-state index contributed by atoms with van der Waals surface area (Å²) in [6.07, 6.45) is 6.79. The quantitative estimate of drug-likeness (QED) is 0.168. The van der Waals surface area contributed by atoms with Crippen LogP contribution in [0.2, 0.25) is 0 Å². The lowest BCUT2D eigenvalue weighted by Crippen LogP contribution is -2.10. The van der Waals surface area contributed by atoms with Crippen LogP contribution >= 0.6 is 0 Å². The van der Waals surface area contributed by atoms with Crippen LogP contribution in [0, 0.1) is 0 Å². The molecule has 8 aromatic rings. The number of allylic oxidation sites excluding steroid dienone is 1. The Hall–Kier alpha value is -6.38. The van der Waals surface area contributed by atoms with Crippen molar-refractivity contribution in [2.45, 2.75) is 12.8 Å². The Balaban J connectivity index is 1.07. The molecule has 0 bridgehead atoms. The minimum Gasteiger partial charge on any atom is -0.310 e. The van der Waals surface area contributed by atoms with Crippen LogP contribution in [-0.2, 0) is 6.42 Å². The second-order valence-corrected chi connectivity index (χ2v) is 12.9. The smallest absolute Gasteiger partial charge is 0.0537 e. The highest BCUT2D eigenvalue weighted by Gasteiger charge is 2.18. The molecule has 0 N–H and O–H groups in total. The maximum atomic E-state index is 2.41. The van der Waals surface area contributed by atoms with Gasteiger partial charge in [-0.2, -0.15) is 0 Å². The first-order valence-electron chi connectivity index (χ1n) is 17.4. The van der Waals surface area contributed by atoms with Gasteiger partial charge in [-0.05, 0) is 112 Å². The maximum absolute atomic E-state index is 2.41. The lowest BCUT2D eigenvalue weighted by molar-refractivity contribution is 0.967. The molecule has 0 unspecified atom stereocenters. The lowest BCUT2D eigenvalue weighted by Gasteiger charge is -2.26. The Bertz CT molecular complexity index is 2440. The van der Waals surface area contributed by atoms with E-state index >= 15 is 0 Å². The van der Waals surface area contributed by atoms with E-state index in [1.54, 1.807) is 0 Å². The minimum absolute atomic E-state index is 1.09. The molecule has 238 valence electrons. The predicted octanol–water partition coefficient (Wildman–Crippen LogP) is 13.1. The highest BCUT2D eigenvalue weighted by molar-refractivity contribution is 5.91. The zero-order chi connectivity index (χ0) is 33.3. The molecule has 2 nitrogen and oxygen atoms in total. The van der Waals surface area contributed by atoms with Crippen LogP contribution in [0.5, 0.6) is 0 Å². The van der Waals surface area contributed by atoms with Crippen molar-refractivity contribution in [1.29, 1.82) is 0 Å². The molecule has 9 rings (SSSR count). The number of anilines is 3. The average Bonchev–Trinajstić information content (AvgIpc) is 3.54. The summed E-state index contributed by atoms with van der Waals surface area (Å²) in [5, 5.41) is 1.36. The maximum Gasteiger partial charge on any atom is 0.0537 e. The summed E-state index contributed by atoms with van der Waals surface area (Å²) in [4.78, 5) is 2.35. The van der Waals surface area contributed by atoms with Crippen molar-refractivity contribution in [2.75, 3.05) is 4.90 Å². The van der Waals surface area contributed by atoms with Crippen molar-refractivity contribution in [3.05, 3.63) is 199 Å². The molecule has 1 aliphatic carbocycles. The molecule has 1 heterocycles. The van der Waals surface area contributed by atoms with Gasteiger partial charge in [-0.15, -0.1) is 0 Å². The molecule has 0 atom stereocenters. The summed E-state index contributed by atoms with van der Waals surface area (Å²) in [5.74, 6) is 0. The van der Waals surface area contributed by atoms with Crippen LogP contribution in [0.1, 0.15) is 17.7 Å².